The largest absolute Gasteiger partial charge is 0.375 e. The SMILES string of the molecule is CNC(=O)c1ccc(CC2(C)CC(F)(NC(=O)c3c[nH]c4ccccc34)CCO2)cc1. The van der Waals surface area contributed by atoms with Crippen LogP contribution in [0.2, 0.25) is 0 Å². The van der Waals surface area contributed by atoms with Crippen molar-refractivity contribution < 1.29 is 18.7 Å². The van der Waals surface area contributed by atoms with Gasteiger partial charge in [0, 0.05) is 49.0 Å². The number of H-pyrrole nitrogens is 1. The van der Waals surface area contributed by atoms with Crippen LogP contribution in [0.4, 0.5) is 4.39 Å². The van der Waals surface area contributed by atoms with Gasteiger partial charge in [0.2, 0.25) is 0 Å². The van der Waals surface area contributed by atoms with Crippen LogP contribution in [0.15, 0.2) is 54.7 Å². The topological polar surface area (TPSA) is 83.2 Å². The van der Waals surface area contributed by atoms with Gasteiger partial charge in [-0.1, -0.05) is 30.3 Å². The van der Waals surface area contributed by atoms with E-state index < -0.39 is 17.3 Å². The molecule has 0 saturated carbocycles. The van der Waals surface area contributed by atoms with Crippen molar-refractivity contribution in [1.29, 1.82) is 0 Å². The average Bonchev–Trinajstić information content (AvgIpc) is 3.17. The highest BCUT2D eigenvalue weighted by Crippen LogP contribution is 2.36. The fraction of sp³-hybridized carbons (Fsp3) is 0.333. The normalized spacial score (nSPS) is 23.5. The Bertz CT molecular complexity index is 1110. The summed E-state index contributed by atoms with van der Waals surface area (Å²) in [6, 6.07) is 14.6. The lowest BCUT2D eigenvalue weighted by atomic mass is 9.85. The van der Waals surface area contributed by atoms with Gasteiger partial charge in [-0.25, -0.2) is 4.39 Å². The summed E-state index contributed by atoms with van der Waals surface area (Å²) in [6.45, 7) is 2.06. The van der Waals surface area contributed by atoms with Crippen LogP contribution in [-0.4, -0.2) is 41.8 Å². The molecule has 1 aliphatic heterocycles. The molecule has 1 saturated heterocycles. The van der Waals surface area contributed by atoms with Gasteiger partial charge >= 0.3 is 0 Å². The van der Waals surface area contributed by atoms with E-state index in [-0.39, 0.29) is 25.4 Å². The predicted molar refractivity (Wildman–Crippen MR) is 117 cm³/mol. The van der Waals surface area contributed by atoms with Gasteiger partial charge in [-0.05, 0) is 30.7 Å². The molecule has 0 bridgehead atoms. The Morgan fingerprint density at radius 1 is 1.13 bits per heavy atom. The molecule has 3 N–H and O–H groups in total. The predicted octanol–water partition coefficient (Wildman–Crippen LogP) is 3.73. The van der Waals surface area contributed by atoms with Crippen molar-refractivity contribution in [3.8, 4) is 0 Å². The van der Waals surface area contributed by atoms with E-state index in [0.29, 0.717) is 17.5 Å². The number of carbonyl (C=O) groups is 2. The molecule has 2 amide bonds. The third-order valence-electron chi connectivity index (χ3n) is 5.80. The van der Waals surface area contributed by atoms with Gasteiger partial charge in [-0.2, -0.15) is 0 Å². The highest BCUT2D eigenvalue weighted by atomic mass is 19.1. The standard InChI is InChI=1S/C24H26FN3O3/c1-23(13-16-7-9-17(10-8-16)21(29)26-2)15-24(25,11-12-31-23)28-22(30)19-14-27-20-6-4-3-5-18(19)20/h3-10,14,27H,11-13,15H2,1-2H3,(H,26,29)(H,28,30). The van der Waals surface area contributed by atoms with E-state index in [2.05, 4.69) is 15.6 Å². The number of amides is 2. The molecule has 2 aromatic carbocycles. The Morgan fingerprint density at radius 2 is 1.87 bits per heavy atom. The quantitative estimate of drug-likeness (QED) is 0.547. The average molecular weight is 423 g/mol. The number of hydrogen-bond acceptors (Lipinski definition) is 3. The number of rotatable bonds is 5. The van der Waals surface area contributed by atoms with E-state index in [1.165, 1.54) is 0 Å². The van der Waals surface area contributed by atoms with Crippen molar-refractivity contribution in [1.82, 2.24) is 15.6 Å². The molecule has 0 spiro atoms. The van der Waals surface area contributed by atoms with E-state index in [9.17, 15) is 9.59 Å². The van der Waals surface area contributed by atoms with Crippen LogP contribution in [0.1, 0.15) is 46.0 Å². The molecule has 162 valence electrons. The third kappa shape index (κ3) is 4.46. The second-order valence-corrected chi connectivity index (χ2v) is 8.35. The molecule has 2 unspecified atom stereocenters. The van der Waals surface area contributed by atoms with Crippen molar-refractivity contribution in [2.45, 2.75) is 37.6 Å². The Hall–Kier alpha value is -3.19. The molecule has 3 aromatic rings. The molecule has 1 aliphatic rings. The second-order valence-electron chi connectivity index (χ2n) is 8.35. The summed E-state index contributed by atoms with van der Waals surface area (Å²) < 4.78 is 21.7. The molecule has 4 rings (SSSR count). The van der Waals surface area contributed by atoms with Crippen LogP contribution in [0.5, 0.6) is 0 Å². The number of carbonyl (C=O) groups excluding carboxylic acids is 2. The molecule has 31 heavy (non-hydrogen) atoms. The number of benzene rings is 2. The van der Waals surface area contributed by atoms with E-state index in [1.807, 2.05) is 43.3 Å². The van der Waals surface area contributed by atoms with Gasteiger partial charge in [0.1, 0.15) is 0 Å². The van der Waals surface area contributed by atoms with E-state index in [4.69, 9.17) is 4.74 Å². The van der Waals surface area contributed by atoms with Crippen LogP contribution in [0.25, 0.3) is 10.9 Å². The summed E-state index contributed by atoms with van der Waals surface area (Å²) in [5.74, 6) is -2.47. The van der Waals surface area contributed by atoms with E-state index in [1.54, 1.807) is 25.4 Å². The summed E-state index contributed by atoms with van der Waals surface area (Å²) >= 11 is 0. The number of hydrogen-bond donors (Lipinski definition) is 3. The smallest absolute Gasteiger partial charge is 0.255 e. The van der Waals surface area contributed by atoms with Crippen LogP contribution >= 0.6 is 0 Å². The number of alkyl halides is 1. The first-order valence-corrected chi connectivity index (χ1v) is 10.3. The molecule has 0 aliphatic carbocycles. The number of para-hydroxylation sites is 1. The van der Waals surface area contributed by atoms with Gasteiger partial charge in [0.05, 0.1) is 17.8 Å². The zero-order chi connectivity index (χ0) is 22.1. The van der Waals surface area contributed by atoms with E-state index >= 15 is 4.39 Å². The molecular weight excluding hydrogens is 397 g/mol. The first-order valence-electron chi connectivity index (χ1n) is 10.3. The van der Waals surface area contributed by atoms with Crippen LogP contribution in [0.3, 0.4) is 0 Å². The second kappa shape index (κ2) is 8.15. The lowest BCUT2D eigenvalue weighted by Gasteiger charge is -2.42. The summed E-state index contributed by atoms with van der Waals surface area (Å²) in [4.78, 5) is 27.6. The molecule has 7 heteroatoms. The minimum absolute atomic E-state index is 0.0330. The third-order valence-corrected chi connectivity index (χ3v) is 5.80. The van der Waals surface area contributed by atoms with Gasteiger partial charge < -0.3 is 20.4 Å². The number of ether oxygens (including phenoxy) is 1. The van der Waals surface area contributed by atoms with Gasteiger partial charge in [0.15, 0.2) is 5.79 Å². The fourth-order valence-electron chi connectivity index (χ4n) is 4.29. The monoisotopic (exact) mass is 423 g/mol. The lowest BCUT2D eigenvalue weighted by molar-refractivity contribution is -0.130. The summed E-state index contributed by atoms with van der Waals surface area (Å²) in [5.41, 5.74) is 1.96. The Kier molecular flexibility index (Phi) is 5.54. The van der Waals surface area contributed by atoms with Crippen molar-refractivity contribution in [3.05, 3.63) is 71.4 Å². The zero-order valence-corrected chi connectivity index (χ0v) is 17.6. The summed E-state index contributed by atoms with van der Waals surface area (Å²) in [7, 11) is 1.58. The Balaban J connectivity index is 1.47. The molecule has 1 fully saturated rings. The highest BCUT2D eigenvalue weighted by Gasteiger charge is 2.45. The molecule has 6 nitrogen and oxygen atoms in total. The zero-order valence-electron chi connectivity index (χ0n) is 17.6. The van der Waals surface area contributed by atoms with Crippen molar-refractivity contribution in [2.24, 2.45) is 0 Å². The molecular formula is C24H26FN3O3. The van der Waals surface area contributed by atoms with E-state index in [0.717, 1.165) is 16.5 Å². The van der Waals surface area contributed by atoms with Gasteiger partial charge in [-0.15, -0.1) is 0 Å². The maximum atomic E-state index is 15.8. The minimum atomic E-state index is -1.87. The van der Waals surface area contributed by atoms with Crippen LogP contribution < -0.4 is 10.6 Å². The minimum Gasteiger partial charge on any atom is -0.375 e. The number of nitrogens with one attached hydrogen (secondary N) is 3. The van der Waals surface area contributed by atoms with Crippen LogP contribution in [0, 0.1) is 0 Å². The van der Waals surface area contributed by atoms with Crippen LogP contribution in [-0.2, 0) is 11.2 Å². The van der Waals surface area contributed by atoms with Gasteiger partial charge in [-0.3, -0.25) is 9.59 Å². The maximum Gasteiger partial charge on any atom is 0.255 e. The fourth-order valence-corrected chi connectivity index (χ4v) is 4.29. The summed E-state index contributed by atoms with van der Waals surface area (Å²) in [5, 5.41) is 5.95. The Morgan fingerprint density at radius 3 is 2.61 bits per heavy atom. The first kappa shape index (κ1) is 21.1. The maximum absolute atomic E-state index is 15.8. The highest BCUT2D eigenvalue weighted by molar-refractivity contribution is 6.06. The number of aromatic nitrogens is 1. The lowest BCUT2D eigenvalue weighted by Crippen LogP contribution is -2.55. The number of halogens is 1. The van der Waals surface area contributed by atoms with Crippen molar-refractivity contribution in [3.63, 3.8) is 0 Å². The first-order chi connectivity index (χ1) is 14.8. The molecule has 2 heterocycles. The molecule has 1 aromatic heterocycles. The molecule has 2 atom stereocenters. The van der Waals surface area contributed by atoms with Gasteiger partial charge in [0.25, 0.3) is 11.8 Å². The van der Waals surface area contributed by atoms with Crippen molar-refractivity contribution >= 4 is 22.7 Å². The number of fused-ring (bicyclic) bond motifs is 1. The van der Waals surface area contributed by atoms with Crippen molar-refractivity contribution in [2.75, 3.05) is 13.7 Å². The number of aromatic amines is 1. The molecule has 0 radical (unpaired) electrons. The Labute approximate surface area is 180 Å². The summed E-state index contributed by atoms with van der Waals surface area (Å²) in [6.07, 6.45) is 2.20.